The molecule has 1 heterocycles. The van der Waals surface area contributed by atoms with Gasteiger partial charge in [-0.3, -0.25) is 24.5 Å². The molecule has 0 spiro atoms. The zero-order valence-electron chi connectivity index (χ0n) is 25.0. The van der Waals surface area contributed by atoms with Gasteiger partial charge in [-0.2, -0.15) is 0 Å². The van der Waals surface area contributed by atoms with E-state index in [1.807, 2.05) is 32.9 Å². The molecule has 0 saturated heterocycles. The third-order valence-electron chi connectivity index (χ3n) is 7.36. The minimum absolute atomic E-state index is 0.00251. The van der Waals surface area contributed by atoms with Crippen LogP contribution in [0, 0.1) is 11.3 Å². The Morgan fingerprint density at radius 3 is 2.34 bits per heavy atom. The van der Waals surface area contributed by atoms with Crippen LogP contribution in [0.2, 0.25) is 0 Å². The smallest absolute Gasteiger partial charge is 0.281 e. The van der Waals surface area contributed by atoms with E-state index in [0.29, 0.717) is 43.1 Å². The Hall–Kier alpha value is -3.63. The normalized spacial score (nSPS) is 16.6. The molecule has 224 valence electrons. The SMILES string of the molecule is CC[C@H](C)[C@@H](CN1Cc2cc(OCC(=O)NO)ccc2C[C@H]1C(=O)Nc1ccc(OC)cc1)NC(=O)CC(C)(C)C. The minimum Gasteiger partial charge on any atom is -0.497 e. The maximum absolute atomic E-state index is 13.7. The molecule has 2 aromatic rings. The first-order chi connectivity index (χ1) is 19.4. The Morgan fingerprint density at radius 1 is 1.05 bits per heavy atom. The zero-order valence-corrected chi connectivity index (χ0v) is 25.0. The van der Waals surface area contributed by atoms with Gasteiger partial charge in [0.1, 0.15) is 11.5 Å². The lowest BCUT2D eigenvalue weighted by molar-refractivity contribution is -0.131. The van der Waals surface area contributed by atoms with Crippen molar-refractivity contribution in [3.63, 3.8) is 0 Å². The second-order valence-electron chi connectivity index (χ2n) is 11.9. The first-order valence-electron chi connectivity index (χ1n) is 14.1. The number of carbonyl (C=O) groups excluding carboxylic acids is 3. The van der Waals surface area contributed by atoms with Crippen molar-refractivity contribution in [3.8, 4) is 11.5 Å². The molecule has 0 aromatic heterocycles. The van der Waals surface area contributed by atoms with E-state index in [0.717, 1.165) is 17.5 Å². The second-order valence-corrected chi connectivity index (χ2v) is 11.9. The molecule has 3 atom stereocenters. The third-order valence-corrected chi connectivity index (χ3v) is 7.36. The lowest BCUT2D eigenvalue weighted by atomic mass is 9.89. The lowest BCUT2D eigenvalue weighted by Crippen LogP contribution is -2.54. The molecule has 0 fully saturated rings. The highest BCUT2D eigenvalue weighted by Gasteiger charge is 2.35. The van der Waals surface area contributed by atoms with Crippen molar-refractivity contribution in [1.29, 1.82) is 0 Å². The summed E-state index contributed by atoms with van der Waals surface area (Å²) >= 11 is 0. The highest BCUT2D eigenvalue weighted by Crippen LogP contribution is 2.29. The average molecular weight is 569 g/mol. The van der Waals surface area contributed by atoms with Crippen molar-refractivity contribution >= 4 is 23.4 Å². The molecule has 41 heavy (non-hydrogen) atoms. The summed E-state index contributed by atoms with van der Waals surface area (Å²) in [4.78, 5) is 40.2. The molecule has 1 aliphatic heterocycles. The highest BCUT2D eigenvalue weighted by atomic mass is 16.5. The van der Waals surface area contributed by atoms with Crippen LogP contribution in [0.3, 0.4) is 0 Å². The number of hydrogen-bond acceptors (Lipinski definition) is 7. The van der Waals surface area contributed by atoms with E-state index in [1.165, 1.54) is 0 Å². The van der Waals surface area contributed by atoms with Crippen LogP contribution in [-0.4, -0.2) is 60.2 Å². The Bertz CT molecular complexity index is 1190. The topological polar surface area (TPSA) is 129 Å². The quantitative estimate of drug-likeness (QED) is 0.226. The third kappa shape index (κ3) is 9.47. The number of rotatable bonds is 12. The van der Waals surface area contributed by atoms with Gasteiger partial charge in [-0.1, -0.05) is 47.1 Å². The fourth-order valence-electron chi connectivity index (χ4n) is 4.88. The van der Waals surface area contributed by atoms with Crippen molar-refractivity contribution < 1.29 is 29.1 Å². The molecule has 0 radical (unpaired) electrons. The van der Waals surface area contributed by atoms with E-state index < -0.39 is 11.9 Å². The van der Waals surface area contributed by atoms with Crippen LogP contribution in [0.15, 0.2) is 42.5 Å². The van der Waals surface area contributed by atoms with Gasteiger partial charge in [-0.15, -0.1) is 0 Å². The second kappa shape index (κ2) is 14.3. The van der Waals surface area contributed by atoms with Gasteiger partial charge in [0.2, 0.25) is 11.8 Å². The van der Waals surface area contributed by atoms with E-state index >= 15 is 0 Å². The number of fused-ring (bicyclic) bond motifs is 1. The molecule has 3 rings (SSSR count). The lowest BCUT2D eigenvalue weighted by Gasteiger charge is -2.39. The molecular formula is C31H44N4O6. The number of benzene rings is 2. The fourth-order valence-corrected chi connectivity index (χ4v) is 4.88. The van der Waals surface area contributed by atoms with Crippen LogP contribution in [0.5, 0.6) is 11.5 Å². The summed E-state index contributed by atoms with van der Waals surface area (Å²) in [6.45, 7) is 11.0. The molecule has 0 aliphatic carbocycles. The Kier molecular flexibility index (Phi) is 11.1. The van der Waals surface area contributed by atoms with Crippen LogP contribution in [-0.2, 0) is 27.3 Å². The van der Waals surface area contributed by atoms with Gasteiger partial charge in [0, 0.05) is 31.2 Å². The van der Waals surface area contributed by atoms with Crippen molar-refractivity contribution in [2.45, 2.75) is 72.5 Å². The molecule has 4 N–H and O–H groups in total. The van der Waals surface area contributed by atoms with Crippen molar-refractivity contribution in [2.24, 2.45) is 11.3 Å². The molecule has 3 amide bonds. The summed E-state index contributed by atoms with van der Waals surface area (Å²) in [6.07, 6.45) is 1.75. The number of methoxy groups -OCH3 is 1. The predicted octanol–water partition coefficient (Wildman–Crippen LogP) is 3.91. The number of nitrogens with zero attached hydrogens (tertiary/aromatic N) is 1. The predicted molar refractivity (Wildman–Crippen MR) is 157 cm³/mol. The van der Waals surface area contributed by atoms with Crippen LogP contribution < -0.4 is 25.6 Å². The summed E-state index contributed by atoms with van der Waals surface area (Å²) in [7, 11) is 1.59. The monoisotopic (exact) mass is 568 g/mol. The standard InChI is InChI=1S/C31H44N4O6/c1-7-20(2)26(33-28(36)16-31(3,4)5)18-35-17-22-14-25(41-19-29(37)34-39)11-8-21(22)15-27(35)30(38)32-23-9-12-24(40-6)13-10-23/h8-14,20,26-27,39H,7,15-19H2,1-6H3,(H,32,38)(H,33,36)(H,34,37)/t20-,26+,27-/m0/s1. The van der Waals surface area contributed by atoms with E-state index in [-0.39, 0.29) is 35.8 Å². The molecule has 2 aromatic carbocycles. The van der Waals surface area contributed by atoms with Crippen molar-refractivity contribution in [2.75, 3.05) is 25.6 Å². The van der Waals surface area contributed by atoms with Crippen molar-refractivity contribution in [1.82, 2.24) is 15.7 Å². The molecule has 10 nitrogen and oxygen atoms in total. The molecular weight excluding hydrogens is 524 g/mol. The first-order valence-corrected chi connectivity index (χ1v) is 14.1. The van der Waals surface area contributed by atoms with Gasteiger partial charge >= 0.3 is 0 Å². The van der Waals surface area contributed by atoms with Gasteiger partial charge in [0.25, 0.3) is 5.91 Å². The highest BCUT2D eigenvalue weighted by molar-refractivity contribution is 5.95. The van der Waals surface area contributed by atoms with Gasteiger partial charge in [-0.05, 0) is 65.3 Å². The number of ether oxygens (including phenoxy) is 2. The van der Waals surface area contributed by atoms with Crippen LogP contribution >= 0.6 is 0 Å². The van der Waals surface area contributed by atoms with Crippen LogP contribution in [0.4, 0.5) is 5.69 Å². The minimum atomic E-state index is -0.651. The molecule has 0 saturated carbocycles. The number of nitrogens with one attached hydrogen (secondary N) is 3. The van der Waals surface area contributed by atoms with Gasteiger partial charge in [-0.25, -0.2) is 5.48 Å². The fraction of sp³-hybridized carbons (Fsp3) is 0.516. The van der Waals surface area contributed by atoms with E-state index in [4.69, 9.17) is 14.7 Å². The number of anilines is 1. The largest absolute Gasteiger partial charge is 0.497 e. The summed E-state index contributed by atoms with van der Waals surface area (Å²) < 4.78 is 10.8. The number of hydroxylamine groups is 1. The van der Waals surface area contributed by atoms with Crippen molar-refractivity contribution in [3.05, 3.63) is 53.6 Å². The first kappa shape index (κ1) is 31.9. The maximum atomic E-state index is 13.7. The van der Waals surface area contributed by atoms with Crippen LogP contribution in [0.25, 0.3) is 0 Å². The van der Waals surface area contributed by atoms with E-state index in [2.05, 4.69) is 29.4 Å². The average Bonchev–Trinajstić information content (AvgIpc) is 2.93. The van der Waals surface area contributed by atoms with Gasteiger partial charge in [0.05, 0.1) is 13.2 Å². The molecule has 0 unspecified atom stereocenters. The number of hydrogen-bond donors (Lipinski definition) is 4. The maximum Gasteiger partial charge on any atom is 0.281 e. The van der Waals surface area contributed by atoms with E-state index in [1.54, 1.807) is 42.9 Å². The Balaban J connectivity index is 1.87. The zero-order chi connectivity index (χ0) is 30.2. The number of amides is 3. The van der Waals surface area contributed by atoms with Crippen LogP contribution in [0.1, 0.15) is 58.6 Å². The molecule has 10 heteroatoms. The summed E-state index contributed by atoms with van der Waals surface area (Å²) in [6, 6.07) is 12.1. The van der Waals surface area contributed by atoms with Gasteiger partial charge in [0.15, 0.2) is 6.61 Å². The molecule has 0 bridgehead atoms. The summed E-state index contributed by atoms with van der Waals surface area (Å²) in [5.41, 5.74) is 4.07. The molecule has 1 aliphatic rings. The Labute approximate surface area is 242 Å². The van der Waals surface area contributed by atoms with Gasteiger partial charge < -0.3 is 20.1 Å². The van der Waals surface area contributed by atoms with E-state index in [9.17, 15) is 14.4 Å². The Morgan fingerprint density at radius 2 is 1.73 bits per heavy atom. The summed E-state index contributed by atoms with van der Waals surface area (Å²) in [5.74, 6) is 0.597. The number of carbonyl (C=O) groups is 3. The summed E-state index contributed by atoms with van der Waals surface area (Å²) in [5, 5.41) is 15.1.